The maximum Gasteiger partial charge on any atom is 0.322 e. The SMILES string of the molecule is CC(C)Oc1ncccc1NC(=O)N(C)C(C)c1cc2ccccc2o1. The number of nitrogens with one attached hydrogen (secondary N) is 1. The van der Waals surface area contributed by atoms with E-state index in [4.69, 9.17) is 9.15 Å². The number of para-hydroxylation sites is 1. The van der Waals surface area contributed by atoms with Crippen molar-refractivity contribution in [2.75, 3.05) is 12.4 Å². The number of carbonyl (C=O) groups is 1. The molecule has 1 aromatic carbocycles. The molecule has 3 aromatic rings. The third-order valence-electron chi connectivity index (χ3n) is 4.12. The number of furan rings is 1. The number of hydrogen-bond donors (Lipinski definition) is 1. The van der Waals surface area contributed by atoms with Crippen LogP contribution >= 0.6 is 0 Å². The topological polar surface area (TPSA) is 67.6 Å². The molecule has 0 fully saturated rings. The van der Waals surface area contributed by atoms with Gasteiger partial charge in [0.25, 0.3) is 0 Å². The quantitative estimate of drug-likeness (QED) is 0.713. The van der Waals surface area contributed by atoms with Crippen molar-refractivity contribution in [2.45, 2.75) is 32.9 Å². The van der Waals surface area contributed by atoms with Crippen LogP contribution in [-0.2, 0) is 0 Å². The van der Waals surface area contributed by atoms with Gasteiger partial charge >= 0.3 is 6.03 Å². The van der Waals surface area contributed by atoms with Crippen molar-refractivity contribution in [3.63, 3.8) is 0 Å². The fourth-order valence-electron chi connectivity index (χ4n) is 2.58. The highest BCUT2D eigenvalue weighted by molar-refractivity contribution is 5.90. The zero-order chi connectivity index (χ0) is 18.7. The predicted octanol–water partition coefficient (Wildman–Crippen LogP) is 4.84. The second-order valence-corrected chi connectivity index (χ2v) is 6.43. The monoisotopic (exact) mass is 353 g/mol. The zero-order valence-electron chi connectivity index (χ0n) is 15.4. The number of hydrogen-bond acceptors (Lipinski definition) is 4. The Morgan fingerprint density at radius 3 is 2.69 bits per heavy atom. The number of ether oxygens (including phenoxy) is 1. The number of aromatic nitrogens is 1. The van der Waals surface area contributed by atoms with Crippen LogP contribution in [0.3, 0.4) is 0 Å². The smallest absolute Gasteiger partial charge is 0.322 e. The van der Waals surface area contributed by atoms with Crippen LogP contribution in [0.1, 0.15) is 32.6 Å². The molecular weight excluding hydrogens is 330 g/mol. The van der Waals surface area contributed by atoms with E-state index >= 15 is 0 Å². The summed E-state index contributed by atoms with van der Waals surface area (Å²) in [7, 11) is 1.73. The summed E-state index contributed by atoms with van der Waals surface area (Å²) >= 11 is 0. The largest absolute Gasteiger partial charge is 0.473 e. The number of anilines is 1. The van der Waals surface area contributed by atoms with Crippen LogP contribution in [0.15, 0.2) is 53.1 Å². The first-order valence-corrected chi connectivity index (χ1v) is 8.59. The lowest BCUT2D eigenvalue weighted by Crippen LogP contribution is -2.33. The molecule has 6 nitrogen and oxygen atoms in total. The third kappa shape index (κ3) is 3.79. The first-order valence-electron chi connectivity index (χ1n) is 8.59. The van der Waals surface area contributed by atoms with E-state index in [0.29, 0.717) is 11.6 Å². The van der Waals surface area contributed by atoms with E-state index in [9.17, 15) is 4.79 Å². The van der Waals surface area contributed by atoms with E-state index in [2.05, 4.69) is 10.3 Å². The van der Waals surface area contributed by atoms with Gasteiger partial charge < -0.3 is 19.4 Å². The average molecular weight is 353 g/mol. The first kappa shape index (κ1) is 17.8. The molecule has 3 rings (SSSR count). The Morgan fingerprint density at radius 2 is 1.96 bits per heavy atom. The van der Waals surface area contributed by atoms with Crippen molar-refractivity contribution in [3.05, 3.63) is 54.4 Å². The lowest BCUT2D eigenvalue weighted by molar-refractivity contribution is 0.201. The summed E-state index contributed by atoms with van der Waals surface area (Å²) in [5.41, 5.74) is 1.35. The zero-order valence-corrected chi connectivity index (χ0v) is 15.4. The summed E-state index contributed by atoms with van der Waals surface area (Å²) in [6.07, 6.45) is 1.60. The van der Waals surface area contributed by atoms with Gasteiger partial charge in [-0.05, 0) is 45.0 Å². The molecule has 2 heterocycles. The molecule has 2 aromatic heterocycles. The van der Waals surface area contributed by atoms with Crippen LogP contribution in [0.2, 0.25) is 0 Å². The molecule has 1 atom stereocenters. The average Bonchev–Trinajstić information content (AvgIpc) is 3.05. The Kier molecular flexibility index (Phi) is 5.11. The number of urea groups is 1. The third-order valence-corrected chi connectivity index (χ3v) is 4.12. The van der Waals surface area contributed by atoms with Gasteiger partial charge in [0.05, 0.1) is 12.1 Å². The van der Waals surface area contributed by atoms with Gasteiger partial charge in [0.2, 0.25) is 5.88 Å². The van der Waals surface area contributed by atoms with E-state index in [1.165, 1.54) is 0 Å². The van der Waals surface area contributed by atoms with E-state index in [0.717, 1.165) is 16.7 Å². The summed E-state index contributed by atoms with van der Waals surface area (Å²) in [6, 6.07) is 12.8. The van der Waals surface area contributed by atoms with Gasteiger partial charge in [-0.25, -0.2) is 9.78 Å². The first-order chi connectivity index (χ1) is 12.5. The van der Waals surface area contributed by atoms with Crippen LogP contribution in [0.5, 0.6) is 5.88 Å². The summed E-state index contributed by atoms with van der Waals surface area (Å²) in [6.45, 7) is 5.75. The highest BCUT2D eigenvalue weighted by atomic mass is 16.5. The van der Waals surface area contributed by atoms with Crippen LogP contribution in [0, 0.1) is 0 Å². The number of amides is 2. The Hall–Kier alpha value is -3.02. The maximum atomic E-state index is 12.7. The molecule has 1 unspecified atom stereocenters. The van der Waals surface area contributed by atoms with Crippen LogP contribution in [0.4, 0.5) is 10.5 Å². The number of carbonyl (C=O) groups excluding carboxylic acids is 1. The van der Waals surface area contributed by atoms with E-state index < -0.39 is 0 Å². The molecule has 0 saturated carbocycles. The second kappa shape index (κ2) is 7.47. The second-order valence-electron chi connectivity index (χ2n) is 6.43. The summed E-state index contributed by atoms with van der Waals surface area (Å²) < 4.78 is 11.5. The molecular formula is C20H23N3O3. The molecule has 0 radical (unpaired) electrons. The van der Waals surface area contributed by atoms with Crippen molar-refractivity contribution in [1.29, 1.82) is 0 Å². The maximum absolute atomic E-state index is 12.7. The number of pyridine rings is 1. The van der Waals surface area contributed by atoms with Crippen LogP contribution in [-0.4, -0.2) is 29.1 Å². The Morgan fingerprint density at radius 1 is 1.19 bits per heavy atom. The highest BCUT2D eigenvalue weighted by Gasteiger charge is 2.22. The lowest BCUT2D eigenvalue weighted by atomic mass is 10.2. The van der Waals surface area contributed by atoms with Gasteiger partial charge in [0, 0.05) is 18.6 Å². The van der Waals surface area contributed by atoms with Gasteiger partial charge in [-0.2, -0.15) is 0 Å². The molecule has 0 spiro atoms. The van der Waals surface area contributed by atoms with Crippen molar-refractivity contribution in [2.24, 2.45) is 0 Å². The number of benzene rings is 1. The minimum atomic E-state index is -0.264. The predicted molar refractivity (Wildman–Crippen MR) is 101 cm³/mol. The molecule has 1 N–H and O–H groups in total. The summed E-state index contributed by atoms with van der Waals surface area (Å²) in [4.78, 5) is 18.4. The molecule has 2 amide bonds. The molecule has 26 heavy (non-hydrogen) atoms. The summed E-state index contributed by atoms with van der Waals surface area (Å²) in [5.74, 6) is 1.13. The molecule has 0 saturated heterocycles. The van der Waals surface area contributed by atoms with E-state index in [1.54, 1.807) is 30.3 Å². The van der Waals surface area contributed by atoms with Gasteiger partial charge in [-0.3, -0.25) is 0 Å². The van der Waals surface area contributed by atoms with Crippen molar-refractivity contribution in [3.8, 4) is 5.88 Å². The van der Waals surface area contributed by atoms with Crippen molar-refractivity contribution in [1.82, 2.24) is 9.88 Å². The molecule has 136 valence electrons. The van der Waals surface area contributed by atoms with Crippen molar-refractivity contribution >= 4 is 22.7 Å². The molecule has 6 heteroatoms. The lowest BCUT2D eigenvalue weighted by Gasteiger charge is -2.24. The molecule has 0 aliphatic carbocycles. The van der Waals surface area contributed by atoms with Gasteiger partial charge in [-0.1, -0.05) is 18.2 Å². The molecule has 0 aliphatic rings. The minimum absolute atomic E-state index is 0.0345. The fourth-order valence-corrected chi connectivity index (χ4v) is 2.58. The standard InChI is InChI=1S/C20H23N3O3/c1-13(2)25-19-16(9-7-11-21-19)22-20(24)23(4)14(3)18-12-15-8-5-6-10-17(15)26-18/h5-14H,1-4H3,(H,22,24). The number of rotatable bonds is 5. The fraction of sp³-hybridized carbons (Fsp3) is 0.300. The van der Waals surface area contributed by atoms with Gasteiger partial charge in [0.15, 0.2) is 0 Å². The van der Waals surface area contributed by atoms with E-state index in [1.807, 2.05) is 51.1 Å². The van der Waals surface area contributed by atoms with Gasteiger partial charge in [-0.15, -0.1) is 0 Å². The van der Waals surface area contributed by atoms with Crippen LogP contribution in [0.25, 0.3) is 11.0 Å². The normalized spacial score (nSPS) is 12.2. The number of nitrogens with zero attached hydrogens (tertiary/aromatic N) is 2. The highest BCUT2D eigenvalue weighted by Crippen LogP contribution is 2.28. The van der Waals surface area contributed by atoms with Gasteiger partial charge in [0.1, 0.15) is 17.0 Å². The van der Waals surface area contributed by atoms with Crippen molar-refractivity contribution < 1.29 is 13.9 Å². The number of fused-ring (bicyclic) bond motifs is 1. The molecule has 0 aliphatic heterocycles. The Labute approximate surface area is 152 Å². The molecule has 0 bridgehead atoms. The Bertz CT molecular complexity index is 871. The van der Waals surface area contributed by atoms with E-state index in [-0.39, 0.29) is 18.2 Å². The minimum Gasteiger partial charge on any atom is -0.473 e. The summed E-state index contributed by atoms with van der Waals surface area (Å²) in [5, 5.41) is 3.87. The Balaban J connectivity index is 1.75. The van der Waals surface area contributed by atoms with Crippen LogP contribution < -0.4 is 10.1 Å².